The van der Waals surface area contributed by atoms with Gasteiger partial charge in [-0.2, -0.15) is 0 Å². The molecule has 170 valence electrons. The molecule has 3 aromatic heterocycles. The molecule has 1 aromatic carbocycles. The molecule has 0 fully saturated rings. The molecule has 0 unspecified atom stereocenters. The van der Waals surface area contributed by atoms with Crippen LogP contribution >= 0.6 is 0 Å². The predicted octanol–water partition coefficient (Wildman–Crippen LogP) is 4.93. The van der Waals surface area contributed by atoms with Gasteiger partial charge in [-0.15, -0.1) is 10.2 Å². The highest BCUT2D eigenvalue weighted by Crippen LogP contribution is 2.27. The first-order valence-electron chi connectivity index (χ1n) is 11.0. The Morgan fingerprint density at radius 2 is 1.85 bits per heavy atom. The number of benzene rings is 1. The van der Waals surface area contributed by atoms with Crippen molar-refractivity contribution in [3.63, 3.8) is 0 Å². The first kappa shape index (κ1) is 22.5. The van der Waals surface area contributed by atoms with Crippen LogP contribution < -0.4 is 5.32 Å². The Labute approximate surface area is 192 Å². The van der Waals surface area contributed by atoms with Crippen molar-refractivity contribution in [1.82, 2.24) is 24.7 Å². The third-order valence-electron chi connectivity index (χ3n) is 5.50. The average Bonchev–Trinajstić information content (AvgIpc) is 3.26. The fourth-order valence-corrected chi connectivity index (χ4v) is 3.76. The number of halogens is 1. The third kappa shape index (κ3) is 5.06. The summed E-state index contributed by atoms with van der Waals surface area (Å²) in [7, 11) is 0. The molecule has 0 saturated heterocycles. The minimum atomic E-state index is -0.252. The van der Waals surface area contributed by atoms with Gasteiger partial charge in [-0.1, -0.05) is 25.5 Å². The van der Waals surface area contributed by atoms with Crippen LogP contribution in [0, 0.1) is 19.7 Å². The van der Waals surface area contributed by atoms with Crippen molar-refractivity contribution in [3.05, 3.63) is 83.3 Å². The highest BCUT2D eigenvalue weighted by atomic mass is 19.1. The Morgan fingerprint density at radius 3 is 2.48 bits per heavy atom. The van der Waals surface area contributed by atoms with E-state index in [1.165, 1.54) is 12.1 Å². The molecule has 0 spiro atoms. The standard InChI is InChI=1S/C25H27FN6O/c1-4-5-20(18-6-8-19(26)9-7-18)29-25-16(2)12-22(30-31-25)21-10-11-24(23(14-33)28-21)32-13-17(3)27-15-32/h6-13,15,20,33H,4-5,14H2,1-3H3,(H,29,31)/t20-/m0/s1. The average molecular weight is 447 g/mol. The number of aliphatic hydroxyl groups is 1. The lowest BCUT2D eigenvalue weighted by Gasteiger charge is -2.20. The third-order valence-corrected chi connectivity index (χ3v) is 5.50. The van der Waals surface area contributed by atoms with E-state index in [1.54, 1.807) is 18.5 Å². The molecule has 4 aromatic rings. The number of aryl methyl sites for hydroxylation is 2. The molecule has 0 saturated carbocycles. The van der Waals surface area contributed by atoms with E-state index < -0.39 is 0 Å². The highest BCUT2D eigenvalue weighted by Gasteiger charge is 2.15. The lowest BCUT2D eigenvalue weighted by atomic mass is 10.0. The predicted molar refractivity (Wildman–Crippen MR) is 125 cm³/mol. The number of hydrogen-bond acceptors (Lipinski definition) is 6. The molecule has 1 atom stereocenters. The molecule has 33 heavy (non-hydrogen) atoms. The van der Waals surface area contributed by atoms with Gasteiger partial charge in [0.2, 0.25) is 0 Å². The molecule has 4 rings (SSSR count). The van der Waals surface area contributed by atoms with Crippen LogP contribution in [0.3, 0.4) is 0 Å². The number of hydrogen-bond donors (Lipinski definition) is 2. The second-order valence-electron chi connectivity index (χ2n) is 8.04. The van der Waals surface area contributed by atoms with Crippen molar-refractivity contribution >= 4 is 5.82 Å². The van der Waals surface area contributed by atoms with E-state index in [2.05, 4.69) is 32.4 Å². The Kier molecular flexibility index (Phi) is 6.74. The van der Waals surface area contributed by atoms with Crippen LogP contribution in [-0.2, 0) is 6.61 Å². The maximum atomic E-state index is 13.3. The summed E-state index contributed by atoms with van der Waals surface area (Å²) in [4.78, 5) is 8.85. The van der Waals surface area contributed by atoms with E-state index in [-0.39, 0.29) is 18.5 Å². The van der Waals surface area contributed by atoms with Crippen LogP contribution in [0.25, 0.3) is 17.1 Å². The number of pyridine rings is 1. The molecule has 2 N–H and O–H groups in total. The Morgan fingerprint density at radius 1 is 1.06 bits per heavy atom. The van der Waals surface area contributed by atoms with E-state index in [0.29, 0.717) is 22.9 Å². The second kappa shape index (κ2) is 9.87. The van der Waals surface area contributed by atoms with Gasteiger partial charge in [0.15, 0.2) is 5.82 Å². The monoisotopic (exact) mass is 446 g/mol. The number of imidazole rings is 1. The fraction of sp³-hybridized carbons (Fsp3) is 0.280. The molecule has 3 heterocycles. The number of anilines is 1. The van der Waals surface area contributed by atoms with Gasteiger partial charge in [0, 0.05) is 6.20 Å². The molecule has 0 aliphatic heterocycles. The maximum Gasteiger partial charge on any atom is 0.152 e. The van der Waals surface area contributed by atoms with E-state index in [0.717, 1.165) is 35.3 Å². The summed E-state index contributed by atoms with van der Waals surface area (Å²) in [5, 5.41) is 22.1. The van der Waals surface area contributed by atoms with Gasteiger partial charge in [0.25, 0.3) is 0 Å². The normalized spacial score (nSPS) is 12.0. The van der Waals surface area contributed by atoms with E-state index >= 15 is 0 Å². The Hall–Kier alpha value is -3.65. The van der Waals surface area contributed by atoms with Crippen molar-refractivity contribution in [2.75, 3.05) is 5.32 Å². The van der Waals surface area contributed by atoms with Gasteiger partial charge in [-0.3, -0.25) is 0 Å². The lowest BCUT2D eigenvalue weighted by Crippen LogP contribution is -2.13. The van der Waals surface area contributed by atoms with Crippen molar-refractivity contribution < 1.29 is 9.50 Å². The van der Waals surface area contributed by atoms with E-state index in [4.69, 9.17) is 0 Å². The largest absolute Gasteiger partial charge is 0.390 e. The SMILES string of the molecule is CCC[C@H](Nc1nnc(-c2ccc(-n3cnc(C)c3)c(CO)n2)cc1C)c1ccc(F)cc1. The minimum Gasteiger partial charge on any atom is -0.390 e. The summed E-state index contributed by atoms with van der Waals surface area (Å²) in [6.45, 7) is 5.78. The molecule has 0 amide bonds. The first-order chi connectivity index (χ1) is 16.0. The van der Waals surface area contributed by atoms with Gasteiger partial charge in [0.05, 0.1) is 41.7 Å². The quantitative estimate of drug-likeness (QED) is 0.399. The number of nitrogens with one attached hydrogen (secondary N) is 1. The molecule has 0 bridgehead atoms. The zero-order chi connectivity index (χ0) is 23.4. The summed E-state index contributed by atoms with van der Waals surface area (Å²) in [6.07, 6.45) is 5.43. The molecule has 0 aliphatic carbocycles. The van der Waals surface area contributed by atoms with Crippen LogP contribution in [0.1, 0.15) is 48.3 Å². The molecular weight excluding hydrogens is 419 g/mol. The van der Waals surface area contributed by atoms with Gasteiger partial charge in [-0.25, -0.2) is 14.4 Å². The summed E-state index contributed by atoms with van der Waals surface area (Å²) in [5.41, 5.74) is 5.36. The van der Waals surface area contributed by atoms with Crippen molar-refractivity contribution in [3.8, 4) is 17.1 Å². The van der Waals surface area contributed by atoms with Gasteiger partial charge >= 0.3 is 0 Å². The van der Waals surface area contributed by atoms with Crippen molar-refractivity contribution in [2.45, 2.75) is 46.3 Å². The Balaban J connectivity index is 1.59. The van der Waals surface area contributed by atoms with Gasteiger partial charge in [-0.05, 0) is 61.7 Å². The number of rotatable bonds is 8. The van der Waals surface area contributed by atoms with E-state index in [1.807, 2.05) is 42.8 Å². The van der Waals surface area contributed by atoms with Crippen molar-refractivity contribution in [1.29, 1.82) is 0 Å². The van der Waals surface area contributed by atoms with Gasteiger partial charge < -0.3 is 15.0 Å². The van der Waals surface area contributed by atoms with Crippen LogP contribution in [0.15, 0.2) is 55.0 Å². The fourth-order valence-electron chi connectivity index (χ4n) is 3.76. The maximum absolute atomic E-state index is 13.3. The van der Waals surface area contributed by atoms with Crippen molar-refractivity contribution in [2.24, 2.45) is 0 Å². The molecular formula is C25H27FN6O. The van der Waals surface area contributed by atoms with Crippen LogP contribution in [0.2, 0.25) is 0 Å². The molecule has 0 radical (unpaired) electrons. The van der Waals surface area contributed by atoms with Crippen LogP contribution in [0.5, 0.6) is 0 Å². The first-order valence-corrected chi connectivity index (χ1v) is 11.0. The Bertz CT molecular complexity index is 1240. The van der Waals surface area contributed by atoms with E-state index in [9.17, 15) is 9.50 Å². The zero-order valence-corrected chi connectivity index (χ0v) is 19.0. The number of nitrogens with zero attached hydrogens (tertiary/aromatic N) is 5. The molecule has 0 aliphatic rings. The second-order valence-corrected chi connectivity index (χ2v) is 8.04. The van der Waals surface area contributed by atoms with Crippen LogP contribution in [0.4, 0.5) is 10.2 Å². The smallest absolute Gasteiger partial charge is 0.152 e. The lowest BCUT2D eigenvalue weighted by molar-refractivity contribution is 0.276. The topological polar surface area (TPSA) is 88.8 Å². The van der Waals surface area contributed by atoms with Crippen LogP contribution in [-0.4, -0.2) is 29.8 Å². The number of aromatic nitrogens is 5. The summed E-state index contributed by atoms with van der Waals surface area (Å²) >= 11 is 0. The highest BCUT2D eigenvalue weighted by molar-refractivity contribution is 5.60. The zero-order valence-electron chi connectivity index (χ0n) is 19.0. The minimum absolute atomic E-state index is 0.00601. The number of aliphatic hydroxyl groups excluding tert-OH is 1. The summed E-state index contributed by atoms with van der Waals surface area (Å²) in [6, 6.07) is 12.2. The van der Waals surface area contributed by atoms with Gasteiger partial charge in [0.1, 0.15) is 11.5 Å². The molecule has 7 nitrogen and oxygen atoms in total. The molecule has 8 heteroatoms. The summed E-state index contributed by atoms with van der Waals surface area (Å²) in [5.74, 6) is 0.424. The summed E-state index contributed by atoms with van der Waals surface area (Å²) < 4.78 is 15.2.